The standard InChI is InChI=1S/C15H22N2O2/c1-15(9-5-8-13(16)10-15)17(14(18)19)11-12-6-3-2-4-7-12/h2-4,6-7,13H,5,8-11,16H2,1H3,(H,18,19)/t13-,15+/m1/s1. The summed E-state index contributed by atoms with van der Waals surface area (Å²) in [5, 5.41) is 9.52. The fourth-order valence-corrected chi connectivity index (χ4v) is 3.01. The molecule has 1 saturated carbocycles. The maximum absolute atomic E-state index is 11.6. The molecule has 0 saturated heterocycles. The summed E-state index contributed by atoms with van der Waals surface area (Å²) in [6.45, 7) is 2.45. The van der Waals surface area contributed by atoms with Crippen molar-refractivity contribution in [1.29, 1.82) is 0 Å². The van der Waals surface area contributed by atoms with Crippen LogP contribution in [-0.2, 0) is 6.54 Å². The van der Waals surface area contributed by atoms with E-state index in [1.54, 1.807) is 4.90 Å². The normalized spacial score (nSPS) is 26.9. The van der Waals surface area contributed by atoms with E-state index in [0.717, 1.165) is 31.2 Å². The van der Waals surface area contributed by atoms with Crippen LogP contribution < -0.4 is 5.73 Å². The Morgan fingerprint density at radius 1 is 1.47 bits per heavy atom. The van der Waals surface area contributed by atoms with Crippen molar-refractivity contribution < 1.29 is 9.90 Å². The molecule has 0 unspecified atom stereocenters. The zero-order chi connectivity index (χ0) is 13.9. The number of benzene rings is 1. The van der Waals surface area contributed by atoms with Gasteiger partial charge in [0, 0.05) is 18.1 Å². The lowest BCUT2D eigenvalue weighted by molar-refractivity contribution is 0.0506. The Hall–Kier alpha value is -1.55. The van der Waals surface area contributed by atoms with Crippen molar-refractivity contribution in [2.45, 2.75) is 50.7 Å². The second kappa shape index (κ2) is 5.61. The molecule has 2 rings (SSSR count). The predicted molar refractivity (Wildman–Crippen MR) is 74.9 cm³/mol. The molecule has 0 radical (unpaired) electrons. The van der Waals surface area contributed by atoms with Crippen molar-refractivity contribution in [3.05, 3.63) is 35.9 Å². The summed E-state index contributed by atoms with van der Waals surface area (Å²) < 4.78 is 0. The average molecular weight is 262 g/mol. The van der Waals surface area contributed by atoms with Crippen molar-refractivity contribution in [1.82, 2.24) is 4.90 Å². The molecule has 3 N–H and O–H groups in total. The highest BCUT2D eigenvalue weighted by Gasteiger charge is 2.38. The number of nitrogens with zero attached hydrogens (tertiary/aromatic N) is 1. The van der Waals surface area contributed by atoms with Crippen LogP contribution in [0.25, 0.3) is 0 Å². The van der Waals surface area contributed by atoms with E-state index in [-0.39, 0.29) is 11.6 Å². The molecule has 4 heteroatoms. The number of hydrogen-bond acceptors (Lipinski definition) is 2. The van der Waals surface area contributed by atoms with Gasteiger partial charge in [0.15, 0.2) is 0 Å². The van der Waals surface area contributed by atoms with Crippen molar-refractivity contribution in [3.8, 4) is 0 Å². The fourth-order valence-electron chi connectivity index (χ4n) is 3.01. The van der Waals surface area contributed by atoms with Gasteiger partial charge >= 0.3 is 6.09 Å². The molecule has 0 aromatic heterocycles. The Balaban J connectivity index is 2.18. The molecule has 19 heavy (non-hydrogen) atoms. The lowest BCUT2D eigenvalue weighted by Gasteiger charge is -2.44. The highest BCUT2D eigenvalue weighted by molar-refractivity contribution is 5.66. The van der Waals surface area contributed by atoms with E-state index in [1.165, 1.54) is 0 Å². The Bertz CT molecular complexity index is 435. The predicted octanol–water partition coefficient (Wildman–Crippen LogP) is 2.83. The molecule has 1 amide bonds. The van der Waals surface area contributed by atoms with E-state index >= 15 is 0 Å². The van der Waals surface area contributed by atoms with Gasteiger partial charge in [-0.3, -0.25) is 4.90 Å². The quantitative estimate of drug-likeness (QED) is 0.880. The van der Waals surface area contributed by atoms with E-state index in [0.29, 0.717) is 6.54 Å². The summed E-state index contributed by atoms with van der Waals surface area (Å²) in [7, 11) is 0. The van der Waals surface area contributed by atoms with Crippen LogP contribution in [0.15, 0.2) is 30.3 Å². The maximum atomic E-state index is 11.6. The van der Waals surface area contributed by atoms with Gasteiger partial charge in [-0.05, 0) is 38.2 Å². The van der Waals surface area contributed by atoms with E-state index in [9.17, 15) is 9.90 Å². The molecule has 0 spiro atoms. The minimum atomic E-state index is -0.861. The lowest BCUT2D eigenvalue weighted by atomic mass is 9.79. The van der Waals surface area contributed by atoms with Gasteiger partial charge in [-0.2, -0.15) is 0 Å². The van der Waals surface area contributed by atoms with Crippen LogP contribution in [0.1, 0.15) is 38.2 Å². The summed E-state index contributed by atoms with van der Waals surface area (Å²) in [5.41, 5.74) is 6.69. The average Bonchev–Trinajstić information content (AvgIpc) is 2.36. The molecule has 0 aliphatic heterocycles. The van der Waals surface area contributed by atoms with Crippen molar-refractivity contribution in [2.75, 3.05) is 0 Å². The molecule has 2 atom stereocenters. The molecule has 1 aliphatic rings. The molecule has 1 aromatic carbocycles. The second-order valence-corrected chi connectivity index (χ2v) is 5.71. The van der Waals surface area contributed by atoms with Gasteiger partial charge in [-0.15, -0.1) is 0 Å². The summed E-state index contributed by atoms with van der Waals surface area (Å²) >= 11 is 0. The van der Waals surface area contributed by atoms with Crippen LogP contribution >= 0.6 is 0 Å². The highest BCUT2D eigenvalue weighted by atomic mass is 16.4. The Morgan fingerprint density at radius 3 is 2.74 bits per heavy atom. The number of rotatable bonds is 3. The third kappa shape index (κ3) is 3.26. The Morgan fingerprint density at radius 2 is 2.16 bits per heavy atom. The lowest BCUT2D eigenvalue weighted by Crippen LogP contribution is -2.53. The second-order valence-electron chi connectivity index (χ2n) is 5.71. The van der Waals surface area contributed by atoms with Crippen LogP contribution in [0.3, 0.4) is 0 Å². The zero-order valence-electron chi connectivity index (χ0n) is 11.4. The maximum Gasteiger partial charge on any atom is 0.408 e. The first-order chi connectivity index (χ1) is 9.01. The van der Waals surface area contributed by atoms with Crippen LogP contribution in [0, 0.1) is 0 Å². The summed E-state index contributed by atoms with van der Waals surface area (Å²) in [6.07, 6.45) is 2.76. The highest BCUT2D eigenvalue weighted by Crippen LogP contribution is 2.34. The largest absolute Gasteiger partial charge is 0.465 e. The monoisotopic (exact) mass is 262 g/mol. The van der Waals surface area contributed by atoms with Crippen molar-refractivity contribution in [2.24, 2.45) is 5.73 Å². The third-order valence-electron chi connectivity index (χ3n) is 4.06. The number of carboxylic acid groups (broad SMARTS) is 1. The summed E-state index contributed by atoms with van der Waals surface area (Å²) in [6, 6.07) is 9.84. The minimum Gasteiger partial charge on any atom is -0.465 e. The van der Waals surface area contributed by atoms with Crippen LogP contribution in [0.5, 0.6) is 0 Å². The first kappa shape index (κ1) is 13.9. The number of nitrogens with two attached hydrogens (primary N) is 1. The van der Waals surface area contributed by atoms with Gasteiger partial charge < -0.3 is 10.8 Å². The van der Waals surface area contributed by atoms with E-state index in [2.05, 4.69) is 0 Å². The van der Waals surface area contributed by atoms with E-state index < -0.39 is 6.09 Å². The number of amides is 1. The van der Waals surface area contributed by atoms with Gasteiger partial charge in [0.25, 0.3) is 0 Å². The molecule has 1 aliphatic carbocycles. The van der Waals surface area contributed by atoms with E-state index in [4.69, 9.17) is 5.73 Å². The molecular formula is C15H22N2O2. The molecule has 0 heterocycles. The summed E-state index contributed by atoms with van der Waals surface area (Å²) in [5.74, 6) is 0. The summed E-state index contributed by atoms with van der Waals surface area (Å²) in [4.78, 5) is 13.2. The topological polar surface area (TPSA) is 66.6 Å². The zero-order valence-corrected chi connectivity index (χ0v) is 11.4. The fraction of sp³-hybridized carbons (Fsp3) is 0.533. The molecule has 1 aromatic rings. The molecule has 104 valence electrons. The molecule has 1 fully saturated rings. The molecule has 4 nitrogen and oxygen atoms in total. The van der Waals surface area contributed by atoms with Gasteiger partial charge in [-0.25, -0.2) is 4.79 Å². The van der Waals surface area contributed by atoms with Crippen LogP contribution in [-0.4, -0.2) is 27.7 Å². The SMILES string of the molecule is C[C@]1(N(Cc2ccccc2)C(=O)O)CCC[C@@H](N)C1. The van der Waals surface area contributed by atoms with Gasteiger partial charge in [0.2, 0.25) is 0 Å². The minimum absolute atomic E-state index is 0.108. The van der Waals surface area contributed by atoms with Crippen molar-refractivity contribution in [3.63, 3.8) is 0 Å². The van der Waals surface area contributed by atoms with Crippen molar-refractivity contribution >= 4 is 6.09 Å². The van der Waals surface area contributed by atoms with Gasteiger partial charge in [0.05, 0.1) is 0 Å². The smallest absolute Gasteiger partial charge is 0.408 e. The van der Waals surface area contributed by atoms with Crippen LogP contribution in [0.4, 0.5) is 4.79 Å². The first-order valence-electron chi connectivity index (χ1n) is 6.81. The Kier molecular flexibility index (Phi) is 4.10. The number of carbonyl (C=O) groups is 1. The van der Waals surface area contributed by atoms with Gasteiger partial charge in [0.1, 0.15) is 0 Å². The van der Waals surface area contributed by atoms with Crippen LogP contribution in [0.2, 0.25) is 0 Å². The number of hydrogen-bond donors (Lipinski definition) is 2. The third-order valence-corrected chi connectivity index (χ3v) is 4.06. The molecular weight excluding hydrogens is 240 g/mol. The van der Waals surface area contributed by atoms with Gasteiger partial charge in [-0.1, -0.05) is 30.3 Å². The Labute approximate surface area is 114 Å². The first-order valence-corrected chi connectivity index (χ1v) is 6.81. The van der Waals surface area contributed by atoms with E-state index in [1.807, 2.05) is 37.3 Å². The molecule has 0 bridgehead atoms.